The van der Waals surface area contributed by atoms with Crippen molar-refractivity contribution in [2.75, 3.05) is 12.0 Å². The fourth-order valence-corrected chi connectivity index (χ4v) is 3.15. The Morgan fingerprint density at radius 1 is 0.524 bits per heavy atom. The highest BCUT2D eigenvalue weighted by molar-refractivity contribution is 9.09. The van der Waals surface area contributed by atoms with Gasteiger partial charge in [-0.2, -0.15) is 0 Å². The van der Waals surface area contributed by atoms with Gasteiger partial charge in [0.2, 0.25) is 0 Å². The zero-order chi connectivity index (χ0) is 15.4. The Hall–Kier alpha value is 0.440. The highest BCUT2D eigenvalue weighted by Crippen LogP contribution is 2.13. The zero-order valence-electron chi connectivity index (χ0n) is 14.6. The van der Waals surface area contributed by atoms with E-state index in [0.717, 1.165) is 5.45 Å². The first-order valence-electron chi connectivity index (χ1n) is 9.68. The topological polar surface area (TPSA) is 12.0 Å². The molecule has 0 aliphatic carbocycles. The van der Waals surface area contributed by atoms with Gasteiger partial charge in [0.15, 0.2) is 0 Å². The summed E-state index contributed by atoms with van der Waals surface area (Å²) >= 11 is 3.39. The molecule has 1 nitrogen and oxygen atoms in total. The third-order valence-electron chi connectivity index (χ3n) is 4.30. The molecule has 0 unspecified atom stereocenters. The highest BCUT2D eigenvalue weighted by atomic mass is 79.9. The van der Waals surface area contributed by atoms with Gasteiger partial charge in [0.05, 0.1) is 5.45 Å². The van der Waals surface area contributed by atoms with Gasteiger partial charge in [-0.1, -0.05) is 119 Å². The summed E-state index contributed by atoms with van der Waals surface area (Å²) in [5.41, 5.74) is 0.936. The van der Waals surface area contributed by atoms with Crippen molar-refractivity contribution < 1.29 is 0 Å². The van der Waals surface area contributed by atoms with Crippen molar-refractivity contribution in [3.8, 4) is 0 Å². The Labute approximate surface area is 143 Å². The van der Waals surface area contributed by atoms with E-state index in [1.165, 1.54) is 109 Å². The molecule has 0 aromatic carbocycles. The Bertz CT molecular complexity index is 155. The lowest BCUT2D eigenvalue weighted by atomic mass is 10.0. The monoisotopic (exact) mass is 361 g/mol. The second-order valence-electron chi connectivity index (χ2n) is 6.44. The van der Waals surface area contributed by atoms with Gasteiger partial charge in [-0.25, -0.2) is 0 Å². The van der Waals surface area contributed by atoms with E-state index in [9.17, 15) is 0 Å². The van der Waals surface area contributed by atoms with Crippen LogP contribution in [0.4, 0.5) is 0 Å². The number of halogens is 1. The fraction of sp³-hybridized carbons (Fsp3) is 1.00. The number of hydrogen-bond donors (Lipinski definition) is 1. The van der Waals surface area contributed by atoms with Crippen molar-refractivity contribution in [3.05, 3.63) is 0 Å². The molecule has 0 aliphatic heterocycles. The molecule has 0 fully saturated rings. The molecule has 128 valence electrons. The van der Waals surface area contributed by atoms with Crippen LogP contribution in [0.2, 0.25) is 0 Å². The summed E-state index contributed by atoms with van der Waals surface area (Å²) in [4.78, 5) is 0. The van der Waals surface area contributed by atoms with Crippen LogP contribution in [0.15, 0.2) is 0 Å². The average Bonchev–Trinajstić information content (AvgIpc) is 2.50. The maximum atomic E-state index is 3.39. The fourth-order valence-electron chi connectivity index (χ4n) is 2.86. The van der Waals surface area contributed by atoms with Crippen LogP contribution in [-0.2, 0) is 0 Å². The normalized spacial score (nSPS) is 11.1. The van der Waals surface area contributed by atoms with Crippen LogP contribution in [-0.4, -0.2) is 12.0 Å². The number of rotatable bonds is 18. The lowest BCUT2D eigenvalue weighted by Gasteiger charge is -2.03. The predicted octanol–water partition coefficient (Wildman–Crippen LogP) is 7.19. The Morgan fingerprint density at radius 3 is 1.19 bits per heavy atom. The van der Waals surface area contributed by atoms with Gasteiger partial charge in [-0.15, -0.1) is 0 Å². The molecule has 1 N–H and O–H groups in total. The van der Waals surface area contributed by atoms with Crippen molar-refractivity contribution in [1.29, 1.82) is 0 Å². The quantitative estimate of drug-likeness (QED) is 0.155. The molecule has 0 bridgehead atoms. The molecule has 0 saturated carbocycles. The van der Waals surface area contributed by atoms with Crippen LogP contribution in [0.3, 0.4) is 0 Å². The number of hydrogen-bond acceptors (Lipinski definition) is 1. The van der Waals surface area contributed by atoms with Gasteiger partial charge < -0.3 is 5.32 Å². The van der Waals surface area contributed by atoms with E-state index in [4.69, 9.17) is 0 Å². The van der Waals surface area contributed by atoms with E-state index in [1.54, 1.807) is 0 Å². The van der Waals surface area contributed by atoms with Gasteiger partial charge in [0.25, 0.3) is 0 Å². The lowest BCUT2D eigenvalue weighted by molar-refractivity contribution is 0.528. The van der Waals surface area contributed by atoms with Crippen molar-refractivity contribution in [1.82, 2.24) is 5.32 Å². The summed E-state index contributed by atoms with van der Waals surface area (Å²) in [5, 5.41) is 3.31. The van der Waals surface area contributed by atoms with Crippen LogP contribution in [0.1, 0.15) is 110 Å². The average molecular weight is 362 g/mol. The summed E-state index contributed by atoms with van der Waals surface area (Å²) in [6.07, 6.45) is 23.1. The minimum atomic E-state index is 0.936. The van der Waals surface area contributed by atoms with Gasteiger partial charge in [0, 0.05) is 0 Å². The smallest absolute Gasteiger partial charge is 0.0517 e. The maximum absolute atomic E-state index is 3.39. The molecule has 0 aromatic rings. The largest absolute Gasteiger partial charge is 0.307 e. The standard InChI is InChI=1S/C19H40BrN/c1-2-3-4-5-6-7-8-9-10-11-12-13-14-15-16-17-18-21-19-20/h21H,2-19H2,1H3. The van der Waals surface area contributed by atoms with Gasteiger partial charge in [-0.05, 0) is 13.0 Å². The molecule has 0 radical (unpaired) electrons. The van der Waals surface area contributed by atoms with Crippen LogP contribution in [0.5, 0.6) is 0 Å². The minimum absolute atomic E-state index is 0.936. The second-order valence-corrected chi connectivity index (χ2v) is 7.00. The molecule has 21 heavy (non-hydrogen) atoms. The molecule has 0 aliphatic rings. The van der Waals surface area contributed by atoms with Gasteiger partial charge in [0.1, 0.15) is 0 Å². The van der Waals surface area contributed by atoms with E-state index in [1.807, 2.05) is 0 Å². The Kier molecular flexibility index (Phi) is 20.9. The molecular formula is C19H40BrN. The second kappa shape index (κ2) is 20.4. The van der Waals surface area contributed by atoms with E-state index < -0.39 is 0 Å². The molecule has 2 heteroatoms. The first-order valence-corrected chi connectivity index (χ1v) is 10.8. The number of unbranched alkanes of at least 4 members (excludes halogenated alkanes) is 15. The summed E-state index contributed by atoms with van der Waals surface area (Å²) in [6.45, 7) is 3.46. The molecule has 0 aromatic heterocycles. The summed E-state index contributed by atoms with van der Waals surface area (Å²) < 4.78 is 0. The molecule has 0 rings (SSSR count). The van der Waals surface area contributed by atoms with Gasteiger partial charge >= 0.3 is 0 Å². The van der Waals surface area contributed by atoms with Crippen LogP contribution in [0, 0.1) is 0 Å². The van der Waals surface area contributed by atoms with Crippen LogP contribution >= 0.6 is 15.9 Å². The van der Waals surface area contributed by atoms with Crippen molar-refractivity contribution >= 4 is 15.9 Å². The zero-order valence-corrected chi connectivity index (χ0v) is 16.2. The van der Waals surface area contributed by atoms with E-state index in [0.29, 0.717) is 0 Å². The Morgan fingerprint density at radius 2 is 0.857 bits per heavy atom. The van der Waals surface area contributed by atoms with Crippen molar-refractivity contribution in [2.24, 2.45) is 0 Å². The molecule has 0 amide bonds. The van der Waals surface area contributed by atoms with Crippen LogP contribution < -0.4 is 5.32 Å². The minimum Gasteiger partial charge on any atom is -0.307 e. The van der Waals surface area contributed by atoms with E-state index in [2.05, 4.69) is 28.2 Å². The third-order valence-corrected chi connectivity index (χ3v) is 4.70. The van der Waals surface area contributed by atoms with Crippen molar-refractivity contribution in [3.63, 3.8) is 0 Å². The van der Waals surface area contributed by atoms with Gasteiger partial charge in [-0.3, -0.25) is 0 Å². The van der Waals surface area contributed by atoms with E-state index in [-0.39, 0.29) is 0 Å². The Balaban J connectivity index is 2.90. The maximum Gasteiger partial charge on any atom is 0.0517 e. The first-order chi connectivity index (χ1) is 10.4. The number of nitrogens with one attached hydrogen (secondary N) is 1. The predicted molar refractivity (Wildman–Crippen MR) is 101 cm³/mol. The molecule has 0 atom stereocenters. The summed E-state index contributed by atoms with van der Waals surface area (Å²) in [5.74, 6) is 0. The number of alkyl halides is 1. The summed E-state index contributed by atoms with van der Waals surface area (Å²) in [6, 6.07) is 0. The van der Waals surface area contributed by atoms with Crippen LogP contribution in [0.25, 0.3) is 0 Å². The summed E-state index contributed by atoms with van der Waals surface area (Å²) in [7, 11) is 0. The molecule has 0 saturated heterocycles. The molecule has 0 heterocycles. The van der Waals surface area contributed by atoms with Crippen molar-refractivity contribution in [2.45, 2.75) is 110 Å². The lowest BCUT2D eigenvalue weighted by Crippen LogP contribution is -2.11. The first kappa shape index (κ1) is 21.4. The van der Waals surface area contributed by atoms with E-state index >= 15 is 0 Å². The highest BCUT2D eigenvalue weighted by Gasteiger charge is 1.94. The molecule has 0 spiro atoms. The third kappa shape index (κ3) is 20.4. The molecular weight excluding hydrogens is 322 g/mol. The SMILES string of the molecule is CCCCCCCCCCCCCCCCCCNCBr.